The molecule has 0 unspecified atom stereocenters. The number of halogens is 4. The number of methoxy groups -OCH3 is 1. The number of alkyl halides is 3. The molecule has 0 atom stereocenters. The second-order valence-corrected chi connectivity index (χ2v) is 5.33. The third-order valence-corrected chi connectivity index (χ3v) is 3.49. The van der Waals surface area contributed by atoms with Gasteiger partial charge in [-0.2, -0.15) is 23.0 Å². The Labute approximate surface area is 154 Å². The van der Waals surface area contributed by atoms with Crippen LogP contribution in [0.25, 0.3) is 18.1 Å². The SMILES string of the molecule is COC(=O)c1cc(/C=C/n2nnnc2C(F)(F)F)nn1-c1ncccc1Cl. The summed E-state index contributed by atoms with van der Waals surface area (Å²) < 4.78 is 44.6. The molecule has 0 fully saturated rings. The molecule has 3 heterocycles. The van der Waals surface area contributed by atoms with Gasteiger partial charge in [-0.15, -0.1) is 5.10 Å². The van der Waals surface area contributed by atoms with Crippen LogP contribution in [0.4, 0.5) is 13.2 Å². The number of aromatic nitrogens is 7. The average molecular weight is 400 g/mol. The maximum Gasteiger partial charge on any atom is 0.453 e. The van der Waals surface area contributed by atoms with Gasteiger partial charge in [0.1, 0.15) is 0 Å². The molecule has 3 rings (SSSR count). The van der Waals surface area contributed by atoms with Crippen LogP contribution in [0, 0.1) is 0 Å². The van der Waals surface area contributed by atoms with Crippen molar-refractivity contribution in [2.45, 2.75) is 6.18 Å². The Morgan fingerprint density at radius 1 is 1.37 bits per heavy atom. The first-order valence-corrected chi connectivity index (χ1v) is 7.51. The Kier molecular flexibility index (Phi) is 4.90. The molecule has 0 bridgehead atoms. The molecule has 0 saturated carbocycles. The van der Waals surface area contributed by atoms with Crippen LogP contribution in [0.3, 0.4) is 0 Å². The monoisotopic (exact) mass is 399 g/mol. The molecule has 27 heavy (non-hydrogen) atoms. The van der Waals surface area contributed by atoms with E-state index in [4.69, 9.17) is 11.6 Å². The summed E-state index contributed by atoms with van der Waals surface area (Å²) in [6, 6.07) is 4.42. The Morgan fingerprint density at radius 2 is 2.15 bits per heavy atom. The number of esters is 1. The van der Waals surface area contributed by atoms with E-state index in [9.17, 15) is 18.0 Å². The van der Waals surface area contributed by atoms with Crippen LogP contribution in [-0.2, 0) is 10.9 Å². The molecule has 0 aliphatic carbocycles. The van der Waals surface area contributed by atoms with E-state index < -0.39 is 18.0 Å². The standard InChI is InChI=1S/C14H9ClF3N7O2/c1-27-12(26)10-7-8(21-25(10)11-9(15)3-2-5-19-11)4-6-24-13(14(16,17)18)20-22-23-24/h2-7H,1H3/b6-4+. The van der Waals surface area contributed by atoms with Crippen molar-refractivity contribution < 1.29 is 22.7 Å². The molecular weight excluding hydrogens is 391 g/mol. The van der Waals surface area contributed by atoms with Crippen LogP contribution in [0.15, 0.2) is 24.4 Å². The van der Waals surface area contributed by atoms with Gasteiger partial charge in [0, 0.05) is 12.4 Å². The summed E-state index contributed by atoms with van der Waals surface area (Å²) in [6.45, 7) is 0. The van der Waals surface area contributed by atoms with Crippen LogP contribution >= 0.6 is 11.6 Å². The van der Waals surface area contributed by atoms with Crippen molar-refractivity contribution in [3.63, 3.8) is 0 Å². The van der Waals surface area contributed by atoms with Crippen LogP contribution in [0.5, 0.6) is 0 Å². The van der Waals surface area contributed by atoms with E-state index in [1.165, 1.54) is 25.4 Å². The third kappa shape index (κ3) is 3.79. The maximum atomic E-state index is 12.8. The molecule has 3 aromatic rings. The number of hydrogen-bond donors (Lipinski definition) is 0. The minimum Gasteiger partial charge on any atom is -0.464 e. The molecule has 0 aromatic carbocycles. The summed E-state index contributed by atoms with van der Waals surface area (Å²) in [4.78, 5) is 16.0. The Morgan fingerprint density at radius 3 is 2.81 bits per heavy atom. The average Bonchev–Trinajstić information content (AvgIpc) is 3.26. The number of tetrazole rings is 1. The smallest absolute Gasteiger partial charge is 0.453 e. The Balaban J connectivity index is 2.02. The lowest BCUT2D eigenvalue weighted by Crippen LogP contribution is -2.12. The number of carbonyl (C=O) groups is 1. The van der Waals surface area contributed by atoms with Crippen molar-refractivity contribution in [2.24, 2.45) is 0 Å². The van der Waals surface area contributed by atoms with Crippen molar-refractivity contribution in [3.8, 4) is 5.82 Å². The zero-order valence-electron chi connectivity index (χ0n) is 13.4. The predicted molar refractivity (Wildman–Crippen MR) is 85.8 cm³/mol. The van der Waals surface area contributed by atoms with E-state index in [0.717, 1.165) is 10.9 Å². The number of nitrogens with zero attached hydrogens (tertiary/aromatic N) is 7. The number of pyridine rings is 1. The quantitative estimate of drug-likeness (QED) is 0.620. The van der Waals surface area contributed by atoms with Gasteiger partial charge in [0.15, 0.2) is 11.5 Å². The summed E-state index contributed by atoms with van der Waals surface area (Å²) in [7, 11) is 1.17. The summed E-state index contributed by atoms with van der Waals surface area (Å²) in [5.41, 5.74) is 0.103. The van der Waals surface area contributed by atoms with Gasteiger partial charge in [0.25, 0.3) is 5.82 Å². The largest absolute Gasteiger partial charge is 0.464 e. The van der Waals surface area contributed by atoms with E-state index >= 15 is 0 Å². The van der Waals surface area contributed by atoms with E-state index in [1.54, 1.807) is 12.1 Å². The Bertz CT molecular complexity index is 1010. The van der Waals surface area contributed by atoms with Crippen molar-refractivity contribution in [1.29, 1.82) is 0 Å². The highest BCUT2D eigenvalue weighted by atomic mass is 35.5. The fourth-order valence-electron chi connectivity index (χ4n) is 2.05. The maximum absolute atomic E-state index is 12.8. The number of hydrogen-bond acceptors (Lipinski definition) is 7. The van der Waals surface area contributed by atoms with Gasteiger partial charge in [-0.1, -0.05) is 11.6 Å². The molecular formula is C14H9ClF3N7O2. The topological polar surface area (TPSA) is 101 Å². The molecule has 3 aromatic heterocycles. The van der Waals surface area contributed by atoms with Crippen molar-refractivity contribution in [3.05, 3.63) is 46.6 Å². The normalized spacial score (nSPS) is 11.9. The van der Waals surface area contributed by atoms with E-state index in [1.807, 2.05) is 0 Å². The zero-order chi connectivity index (χ0) is 19.6. The van der Waals surface area contributed by atoms with Gasteiger partial charge in [0.05, 0.1) is 17.8 Å². The summed E-state index contributed by atoms with van der Waals surface area (Å²) >= 11 is 6.07. The van der Waals surface area contributed by atoms with Crippen LogP contribution in [-0.4, -0.2) is 48.1 Å². The van der Waals surface area contributed by atoms with Gasteiger partial charge < -0.3 is 4.74 Å². The van der Waals surface area contributed by atoms with E-state index in [0.29, 0.717) is 4.68 Å². The van der Waals surface area contributed by atoms with Crippen molar-refractivity contribution in [1.82, 2.24) is 35.0 Å². The molecule has 0 N–H and O–H groups in total. The molecule has 0 aliphatic rings. The summed E-state index contributed by atoms with van der Waals surface area (Å²) in [5, 5.41) is 13.5. The van der Waals surface area contributed by atoms with Crippen LogP contribution in [0.2, 0.25) is 5.02 Å². The lowest BCUT2D eigenvalue weighted by molar-refractivity contribution is -0.146. The first kappa shape index (κ1) is 18.5. The van der Waals surface area contributed by atoms with Gasteiger partial charge in [-0.3, -0.25) is 0 Å². The van der Waals surface area contributed by atoms with E-state index in [-0.39, 0.29) is 22.2 Å². The fraction of sp³-hybridized carbons (Fsp3) is 0.143. The first-order chi connectivity index (χ1) is 12.8. The molecule has 140 valence electrons. The van der Waals surface area contributed by atoms with Crippen LogP contribution < -0.4 is 0 Å². The van der Waals surface area contributed by atoms with E-state index in [2.05, 4.69) is 30.3 Å². The minimum absolute atomic E-state index is 0.0227. The highest BCUT2D eigenvalue weighted by molar-refractivity contribution is 6.32. The predicted octanol–water partition coefficient (Wildman–Crippen LogP) is 2.34. The number of ether oxygens (including phenoxy) is 1. The lowest BCUT2D eigenvalue weighted by Gasteiger charge is -2.06. The first-order valence-electron chi connectivity index (χ1n) is 7.14. The molecule has 0 radical (unpaired) electrons. The van der Waals surface area contributed by atoms with Crippen LogP contribution in [0.1, 0.15) is 22.0 Å². The highest BCUT2D eigenvalue weighted by Gasteiger charge is 2.37. The molecule has 13 heteroatoms. The molecule has 0 saturated heterocycles. The van der Waals surface area contributed by atoms with Crippen molar-refractivity contribution in [2.75, 3.05) is 7.11 Å². The molecule has 0 amide bonds. The van der Waals surface area contributed by atoms with Gasteiger partial charge in [-0.25, -0.2) is 14.5 Å². The highest BCUT2D eigenvalue weighted by Crippen LogP contribution is 2.27. The fourth-order valence-corrected chi connectivity index (χ4v) is 2.25. The molecule has 9 nitrogen and oxygen atoms in total. The molecule has 0 aliphatic heterocycles. The third-order valence-electron chi connectivity index (χ3n) is 3.20. The van der Waals surface area contributed by atoms with Crippen molar-refractivity contribution >= 4 is 29.8 Å². The number of rotatable bonds is 4. The molecule has 0 spiro atoms. The van der Waals surface area contributed by atoms with Gasteiger partial charge in [0.2, 0.25) is 0 Å². The van der Waals surface area contributed by atoms with Gasteiger partial charge in [-0.05, 0) is 34.7 Å². The second-order valence-electron chi connectivity index (χ2n) is 4.93. The zero-order valence-corrected chi connectivity index (χ0v) is 14.2. The summed E-state index contributed by atoms with van der Waals surface area (Å²) in [6.07, 6.45) is -1.15. The lowest BCUT2D eigenvalue weighted by atomic mass is 10.3. The summed E-state index contributed by atoms with van der Waals surface area (Å²) in [5.74, 6) is -1.89. The minimum atomic E-state index is -4.73. The number of carbonyl (C=O) groups excluding carboxylic acids is 1. The second kappa shape index (κ2) is 7.15. The Hall–Kier alpha value is -3.28. The van der Waals surface area contributed by atoms with Gasteiger partial charge >= 0.3 is 12.1 Å².